The Morgan fingerprint density at radius 1 is 1.21 bits per heavy atom. The zero-order chi connectivity index (χ0) is 20.6. The Balaban J connectivity index is 1.47. The number of methoxy groups -OCH3 is 1. The number of hydrogen-bond donors (Lipinski definition) is 3. The number of pyridine rings is 1. The van der Waals surface area contributed by atoms with Crippen LogP contribution in [0.5, 0.6) is 5.75 Å². The monoisotopic (exact) mass is 412 g/mol. The van der Waals surface area contributed by atoms with Crippen LogP contribution in [0.4, 0.5) is 16.2 Å². The van der Waals surface area contributed by atoms with Crippen LogP contribution in [0.15, 0.2) is 54.7 Å². The molecular formula is C22H25ClN4O2. The summed E-state index contributed by atoms with van der Waals surface area (Å²) in [5.74, 6) is 0.791. The molecule has 3 aromatic rings. The second-order valence-corrected chi connectivity index (χ2v) is 7.27. The summed E-state index contributed by atoms with van der Waals surface area (Å²) in [6.45, 7) is 2.69. The van der Waals surface area contributed by atoms with E-state index in [4.69, 9.17) is 16.3 Å². The molecule has 0 aliphatic carbocycles. The van der Waals surface area contributed by atoms with Gasteiger partial charge in [0, 0.05) is 40.9 Å². The van der Waals surface area contributed by atoms with Crippen LogP contribution in [0, 0.1) is 0 Å². The molecule has 0 aliphatic rings. The molecule has 1 atom stereocenters. The van der Waals surface area contributed by atoms with Crippen LogP contribution in [-0.4, -0.2) is 30.7 Å². The number of aromatic nitrogens is 1. The summed E-state index contributed by atoms with van der Waals surface area (Å²) in [4.78, 5) is 16.5. The van der Waals surface area contributed by atoms with Crippen molar-refractivity contribution in [3.8, 4) is 5.75 Å². The molecule has 0 aliphatic heterocycles. The Bertz CT molecular complexity index is 980. The molecule has 1 aromatic heterocycles. The number of carbonyl (C=O) groups is 1. The van der Waals surface area contributed by atoms with Gasteiger partial charge in [-0.25, -0.2) is 4.79 Å². The highest BCUT2D eigenvalue weighted by Crippen LogP contribution is 2.28. The number of amides is 2. The summed E-state index contributed by atoms with van der Waals surface area (Å²) < 4.78 is 5.40. The van der Waals surface area contributed by atoms with E-state index in [0.717, 1.165) is 35.2 Å². The molecule has 6 nitrogen and oxygen atoms in total. The van der Waals surface area contributed by atoms with E-state index < -0.39 is 0 Å². The number of ether oxygens (including phenoxy) is 1. The number of fused-ring (bicyclic) bond motifs is 1. The third kappa shape index (κ3) is 5.99. The third-order valence-electron chi connectivity index (χ3n) is 4.50. The molecule has 7 heteroatoms. The summed E-state index contributed by atoms with van der Waals surface area (Å²) in [7, 11) is 1.66. The van der Waals surface area contributed by atoms with E-state index in [-0.39, 0.29) is 12.1 Å². The number of hydrogen-bond acceptors (Lipinski definition) is 4. The molecule has 1 heterocycles. The molecule has 0 bridgehead atoms. The van der Waals surface area contributed by atoms with Gasteiger partial charge in [-0.3, -0.25) is 4.98 Å². The van der Waals surface area contributed by atoms with Crippen molar-refractivity contribution in [3.63, 3.8) is 0 Å². The fourth-order valence-electron chi connectivity index (χ4n) is 3.08. The van der Waals surface area contributed by atoms with Crippen molar-refractivity contribution in [1.82, 2.24) is 10.3 Å². The van der Waals surface area contributed by atoms with E-state index in [1.165, 1.54) is 0 Å². The standard InChI is InChI=1S/C22H25ClN4O2/c1-15(6-4-11-25-22(28)27-18-9-3-8-17(23)13-18)26-20-14-19(29-2)12-16-7-5-10-24-21(16)20/h3,5,7-10,12-15,26H,4,6,11H2,1-2H3,(H2,25,27,28). The average Bonchev–Trinajstić information content (AvgIpc) is 2.71. The van der Waals surface area contributed by atoms with Gasteiger partial charge >= 0.3 is 6.03 Å². The van der Waals surface area contributed by atoms with Gasteiger partial charge in [0.15, 0.2) is 0 Å². The number of urea groups is 1. The second kappa shape index (κ2) is 9.98. The van der Waals surface area contributed by atoms with Crippen LogP contribution in [0.2, 0.25) is 5.02 Å². The van der Waals surface area contributed by atoms with Gasteiger partial charge < -0.3 is 20.7 Å². The maximum absolute atomic E-state index is 12.0. The molecule has 3 N–H and O–H groups in total. The molecule has 1 unspecified atom stereocenters. The van der Waals surface area contributed by atoms with E-state index >= 15 is 0 Å². The van der Waals surface area contributed by atoms with Gasteiger partial charge in [0.25, 0.3) is 0 Å². The Kier molecular flexibility index (Phi) is 7.14. The van der Waals surface area contributed by atoms with E-state index in [9.17, 15) is 4.79 Å². The highest BCUT2D eigenvalue weighted by atomic mass is 35.5. The fourth-order valence-corrected chi connectivity index (χ4v) is 3.27. The fraction of sp³-hybridized carbons (Fsp3) is 0.273. The van der Waals surface area contributed by atoms with Gasteiger partial charge in [-0.05, 0) is 50.1 Å². The molecule has 29 heavy (non-hydrogen) atoms. The van der Waals surface area contributed by atoms with Crippen LogP contribution < -0.4 is 20.7 Å². The van der Waals surface area contributed by atoms with Crippen LogP contribution in [0.25, 0.3) is 10.9 Å². The highest BCUT2D eigenvalue weighted by molar-refractivity contribution is 6.30. The van der Waals surface area contributed by atoms with Gasteiger partial charge in [-0.1, -0.05) is 23.7 Å². The Labute approximate surface area is 175 Å². The molecule has 152 valence electrons. The number of benzene rings is 2. The van der Waals surface area contributed by atoms with Crippen molar-refractivity contribution < 1.29 is 9.53 Å². The molecule has 0 saturated heterocycles. The first kappa shape index (κ1) is 20.7. The predicted octanol–water partition coefficient (Wildman–Crippen LogP) is 5.30. The molecule has 0 fully saturated rings. The number of carbonyl (C=O) groups excluding carboxylic acids is 1. The lowest BCUT2D eigenvalue weighted by atomic mass is 10.1. The largest absolute Gasteiger partial charge is 0.497 e. The van der Waals surface area contributed by atoms with Crippen molar-refractivity contribution >= 4 is 39.9 Å². The van der Waals surface area contributed by atoms with Crippen LogP contribution in [0.1, 0.15) is 19.8 Å². The van der Waals surface area contributed by atoms with E-state index in [2.05, 4.69) is 27.9 Å². The summed E-state index contributed by atoms with van der Waals surface area (Å²) in [6, 6.07) is 14.9. The Morgan fingerprint density at radius 3 is 2.86 bits per heavy atom. The maximum Gasteiger partial charge on any atom is 0.319 e. The van der Waals surface area contributed by atoms with Crippen molar-refractivity contribution in [2.75, 3.05) is 24.3 Å². The van der Waals surface area contributed by atoms with E-state index in [1.807, 2.05) is 24.3 Å². The van der Waals surface area contributed by atoms with Crippen molar-refractivity contribution in [1.29, 1.82) is 0 Å². The second-order valence-electron chi connectivity index (χ2n) is 6.83. The predicted molar refractivity (Wildman–Crippen MR) is 119 cm³/mol. The molecule has 2 amide bonds. The molecular weight excluding hydrogens is 388 g/mol. The topological polar surface area (TPSA) is 75.3 Å². The molecule has 3 rings (SSSR count). The molecule has 2 aromatic carbocycles. The van der Waals surface area contributed by atoms with Crippen LogP contribution in [0.3, 0.4) is 0 Å². The first-order valence-electron chi connectivity index (χ1n) is 9.55. The van der Waals surface area contributed by atoms with Crippen molar-refractivity contribution in [2.45, 2.75) is 25.8 Å². The maximum atomic E-state index is 12.0. The highest BCUT2D eigenvalue weighted by Gasteiger charge is 2.09. The van der Waals surface area contributed by atoms with Gasteiger partial charge in [0.2, 0.25) is 0 Å². The minimum absolute atomic E-state index is 0.213. The van der Waals surface area contributed by atoms with Gasteiger partial charge in [0.05, 0.1) is 18.3 Å². The zero-order valence-corrected chi connectivity index (χ0v) is 17.3. The Morgan fingerprint density at radius 2 is 2.07 bits per heavy atom. The lowest BCUT2D eigenvalue weighted by Crippen LogP contribution is -2.30. The van der Waals surface area contributed by atoms with Gasteiger partial charge in [-0.15, -0.1) is 0 Å². The summed E-state index contributed by atoms with van der Waals surface area (Å²) in [5, 5.41) is 10.8. The minimum atomic E-state index is -0.240. The summed E-state index contributed by atoms with van der Waals surface area (Å²) >= 11 is 5.92. The minimum Gasteiger partial charge on any atom is -0.497 e. The van der Waals surface area contributed by atoms with Crippen LogP contribution >= 0.6 is 11.6 Å². The summed E-state index contributed by atoms with van der Waals surface area (Å²) in [6.07, 6.45) is 3.52. The smallest absolute Gasteiger partial charge is 0.319 e. The first-order valence-corrected chi connectivity index (χ1v) is 9.92. The van der Waals surface area contributed by atoms with Gasteiger partial charge in [-0.2, -0.15) is 0 Å². The van der Waals surface area contributed by atoms with Crippen molar-refractivity contribution in [3.05, 3.63) is 59.8 Å². The first-order chi connectivity index (χ1) is 14.0. The number of anilines is 2. The summed E-state index contributed by atoms with van der Waals surface area (Å²) in [5.41, 5.74) is 2.53. The van der Waals surface area contributed by atoms with Crippen LogP contribution in [-0.2, 0) is 0 Å². The van der Waals surface area contributed by atoms with E-state index in [0.29, 0.717) is 17.3 Å². The quantitative estimate of drug-likeness (QED) is 0.439. The number of nitrogens with zero attached hydrogens (tertiary/aromatic N) is 1. The lowest BCUT2D eigenvalue weighted by molar-refractivity contribution is 0.252. The Hall–Kier alpha value is -2.99. The zero-order valence-electron chi connectivity index (χ0n) is 16.5. The normalized spacial score (nSPS) is 11.7. The van der Waals surface area contributed by atoms with E-state index in [1.54, 1.807) is 37.6 Å². The number of rotatable bonds is 8. The SMILES string of the molecule is COc1cc(NC(C)CCCNC(=O)Nc2cccc(Cl)c2)c2ncccc2c1. The average molecular weight is 413 g/mol. The molecule has 0 saturated carbocycles. The van der Waals surface area contributed by atoms with Crippen molar-refractivity contribution in [2.24, 2.45) is 0 Å². The third-order valence-corrected chi connectivity index (χ3v) is 4.73. The molecule has 0 spiro atoms. The molecule has 0 radical (unpaired) electrons. The number of nitrogens with one attached hydrogen (secondary N) is 3. The number of halogens is 1. The van der Waals surface area contributed by atoms with Gasteiger partial charge in [0.1, 0.15) is 5.75 Å². The lowest BCUT2D eigenvalue weighted by Gasteiger charge is -2.17.